The Kier molecular flexibility index (Phi) is 2.49. The van der Waals surface area contributed by atoms with E-state index in [1.807, 2.05) is 7.11 Å². The Bertz CT molecular complexity index is 756. The Hall–Kier alpha value is -1.52. The zero-order valence-electron chi connectivity index (χ0n) is 13.9. The van der Waals surface area contributed by atoms with E-state index < -0.39 is 0 Å². The van der Waals surface area contributed by atoms with Gasteiger partial charge in [-0.2, -0.15) is 0 Å². The molecule has 3 aliphatic carbocycles. The van der Waals surface area contributed by atoms with E-state index in [2.05, 4.69) is 24.3 Å². The molecule has 5 atom stereocenters. The molecule has 1 saturated carbocycles. The predicted octanol–water partition coefficient (Wildman–Crippen LogP) is 3.12. The smallest absolute Gasteiger partial charge is 0.231 e. The van der Waals surface area contributed by atoms with Crippen LogP contribution in [0.5, 0.6) is 11.5 Å². The van der Waals surface area contributed by atoms with Crippen molar-refractivity contribution in [1.29, 1.82) is 0 Å². The molecule has 5 aliphatic rings. The summed E-state index contributed by atoms with van der Waals surface area (Å²) in [5, 5.41) is 0. The molecule has 2 heterocycles. The third-order valence-corrected chi connectivity index (χ3v) is 7.11. The summed E-state index contributed by atoms with van der Waals surface area (Å²) in [4.78, 5) is 0. The fraction of sp³-hybridized carbons (Fsp3) is 0.600. The van der Waals surface area contributed by atoms with Gasteiger partial charge in [0.15, 0.2) is 11.5 Å². The molecule has 2 fully saturated rings. The third-order valence-electron chi connectivity index (χ3n) is 7.11. The maximum atomic E-state index is 6.31. The van der Waals surface area contributed by atoms with Crippen molar-refractivity contribution in [1.82, 2.24) is 0 Å². The van der Waals surface area contributed by atoms with E-state index in [9.17, 15) is 0 Å². The summed E-state index contributed by atoms with van der Waals surface area (Å²) in [5.41, 5.74) is 2.77. The molecule has 0 N–H and O–H groups in total. The Morgan fingerprint density at radius 2 is 2.08 bits per heavy atom. The van der Waals surface area contributed by atoms with Gasteiger partial charge in [0.1, 0.15) is 5.60 Å². The minimum atomic E-state index is -0.112. The van der Waals surface area contributed by atoms with Gasteiger partial charge in [-0.05, 0) is 61.3 Å². The lowest BCUT2D eigenvalue weighted by molar-refractivity contribution is 0.0394. The van der Waals surface area contributed by atoms with Crippen molar-refractivity contribution >= 4 is 0 Å². The molecule has 4 heteroatoms. The van der Waals surface area contributed by atoms with E-state index in [0.717, 1.165) is 24.3 Å². The molecule has 1 aromatic rings. The van der Waals surface area contributed by atoms with Crippen LogP contribution in [-0.2, 0) is 21.3 Å². The largest absolute Gasteiger partial charge is 0.454 e. The van der Waals surface area contributed by atoms with E-state index in [0.29, 0.717) is 18.8 Å². The van der Waals surface area contributed by atoms with E-state index in [4.69, 9.17) is 18.9 Å². The Labute approximate surface area is 141 Å². The molecule has 4 nitrogen and oxygen atoms in total. The first-order valence-corrected chi connectivity index (χ1v) is 9.10. The summed E-state index contributed by atoms with van der Waals surface area (Å²) in [6.07, 6.45) is 10.9. The summed E-state index contributed by atoms with van der Waals surface area (Å²) in [5.74, 6) is 2.46. The minimum absolute atomic E-state index is 0.0277. The average molecular weight is 326 g/mol. The zero-order valence-corrected chi connectivity index (χ0v) is 13.9. The highest BCUT2D eigenvalue weighted by molar-refractivity contribution is 5.57. The average Bonchev–Trinajstić information content (AvgIpc) is 3.02. The molecule has 6 rings (SSSR count). The normalized spacial score (nSPS) is 43.5. The molecule has 0 amide bonds. The van der Waals surface area contributed by atoms with Crippen LogP contribution in [0.1, 0.15) is 36.8 Å². The van der Waals surface area contributed by atoms with Gasteiger partial charge >= 0.3 is 0 Å². The Morgan fingerprint density at radius 1 is 1.21 bits per heavy atom. The van der Waals surface area contributed by atoms with E-state index >= 15 is 0 Å². The molecule has 2 aliphatic heterocycles. The van der Waals surface area contributed by atoms with E-state index in [1.165, 1.54) is 30.4 Å². The van der Waals surface area contributed by atoms with Crippen molar-refractivity contribution in [2.75, 3.05) is 13.9 Å². The van der Waals surface area contributed by atoms with Crippen LogP contribution in [0.2, 0.25) is 0 Å². The van der Waals surface area contributed by atoms with Gasteiger partial charge in [0.25, 0.3) is 0 Å². The second kappa shape index (κ2) is 4.36. The molecular weight excluding hydrogens is 304 g/mol. The maximum absolute atomic E-state index is 6.31. The molecule has 0 bridgehead atoms. The molecule has 0 unspecified atom stereocenters. The van der Waals surface area contributed by atoms with Gasteiger partial charge in [-0.1, -0.05) is 12.2 Å². The van der Waals surface area contributed by atoms with Crippen LogP contribution in [0.3, 0.4) is 0 Å². The lowest BCUT2D eigenvalue weighted by Gasteiger charge is -2.45. The van der Waals surface area contributed by atoms with Crippen LogP contribution in [0.15, 0.2) is 24.3 Å². The molecule has 2 spiro atoms. The number of aryl methyl sites for hydroxylation is 1. The van der Waals surface area contributed by atoms with Gasteiger partial charge < -0.3 is 18.9 Å². The fourth-order valence-corrected chi connectivity index (χ4v) is 6.06. The van der Waals surface area contributed by atoms with Gasteiger partial charge in [-0.3, -0.25) is 0 Å². The number of methoxy groups -OCH3 is 1. The first kappa shape index (κ1) is 13.7. The van der Waals surface area contributed by atoms with E-state index in [-0.39, 0.29) is 17.1 Å². The highest BCUT2D eigenvalue weighted by Gasteiger charge is 2.77. The summed E-state index contributed by atoms with van der Waals surface area (Å²) >= 11 is 0. The van der Waals surface area contributed by atoms with Crippen LogP contribution in [-0.4, -0.2) is 31.7 Å². The Morgan fingerprint density at radius 3 is 2.96 bits per heavy atom. The molecule has 1 aromatic carbocycles. The lowest BCUT2D eigenvalue weighted by Crippen LogP contribution is -2.49. The van der Waals surface area contributed by atoms with Crippen molar-refractivity contribution < 1.29 is 18.9 Å². The topological polar surface area (TPSA) is 40.2 Å². The number of benzene rings is 1. The van der Waals surface area contributed by atoms with Crippen LogP contribution in [0.4, 0.5) is 0 Å². The number of hydrogen-bond acceptors (Lipinski definition) is 4. The van der Waals surface area contributed by atoms with Gasteiger partial charge in [0.05, 0.1) is 12.2 Å². The lowest BCUT2D eigenvalue weighted by atomic mass is 9.60. The monoisotopic (exact) mass is 326 g/mol. The number of fused-ring (bicyclic) bond motifs is 2. The van der Waals surface area contributed by atoms with Gasteiger partial charge in [0, 0.05) is 12.5 Å². The highest BCUT2D eigenvalue weighted by atomic mass is 16.7. The van der Waals surface area contributed by atoms with E-state index in [1.54, 1.807) is 0 Å². The summed E-state index contributed by atoms with van der Waals surface area (Å²) < 4.78 is 23.4. The SMILES string of the molecule is CO[C@@H]1C=C[C@@]23O[C@H]2C[C@H]2CCCc4cc5c(cc4[C@@]23C1)OCO5. The molecule has 24 heavy (non-hydrogen) atoms. The minimum Gasteiger partial charge on any atom is -0.454 e. The number of hydrogen-bond donors (Lipinski definition) is 0. The standard InChI is InChI=1S/C20H22O4/c1-21-14-5-6-20-18(24-20)8-13-4-2-3-12-7-16-17(23-11-22-16)9-15(12)19(13,20)10-14/h5-7,9,13-14,18H,2-4,8,10-11H2,1H3/t13-,14-,18+,19-,20-/m1/s1. The molecule has 0 aromatic heterocycles. The third kappa shape index (κ3) is 1.44. The molecule has 126 valence electrons. The van der Waals surface area contributed by atoms with Crippen LogP contribution in [0.25, 0.3) is 0 Å². The number of rotatable bonds is 1. The molecular formula is C20H22O4. The molecule has 1 saturated heterocycles. The first-order valence-electron chi connectivity index (χ1n) is 9.10. The number of epoxide rings is 1. The van der Waals surface area contributed by atoms with Gasteiger partial charge in [-0.25, -0.2) is 0 Å². The van der Waals surface area contributed by atoms with Crippen molar-refractivity contribution in [3.63, 3.8) is 0 Å². The maximum Gasteiger partial charge on any atom is 0.231 e. The van der Waals surface area contributed by atoms with Crippen molar-refractivity contribution in [3.05, 3.63) is 35.4 Å². The summed E-state index contributed by atoms with van der Waals surface area (Å²) in [7, 11) is 1.82. The van der Waals surface area contributed by atoms with Crippen LogP contribution in [0, 0.1) is 5.92 Å². The van der Waals surface area contributed by atoms with Crippen LogP contribution < -0.4 is 9.47 Å². The Balaban J connectivity index is 1.61. The van der Waals surface area contributed by atoms with Crippen LogP contribution >= 0.6 is 0 Å². The number of ether oxygens (including phenoxy) is 4. The quantitative estimate of drug-likeness (QED) is 0.587. The van der Waals surface area contributed by atoms with Gasteiger partial charge in [-0.15, -0.1) is 0 Å². The molecule has 0 radical (unpaired) electrons. The first-order chi connectivity index (χ1) is 11.8. The van der Waals surface area contributed by atoms with Crippen molar-refractivity contribution in [2.45, 2.75) is 55.3 Å². The second-order valence-corrected chi connectivity index (χ2v) is 7.90. The predicted molar refractivity (Wildman–Crippen MR) is 87.4 cm³/mol. The highest BCUT2D eigenvalue weighted by Crippen LogP contribution is 2.70. The zero-order chi connectivity index (χ0) is 15.9. The summed E-state index contributed by atoms with van der Waals surface area (Å²) in [6.45, 7) is 0.333. The second-order valence-electron chi connectivity index (χ2n) is 7.90. The fourth-order valence-electron chi connectivity index (χ4n) is 6.06. The van der Waals surface area contributed by atoms with Crippen molar-refractivity contribution in [2.24, 2.45) is 5.92 Å². The van der Waals surface area contributed by atoms with Crippen molar-refractivity contribution in [3.8, 4) is 11.5 Å². The summed E-state index contributed by atoms with van der Waals surface area (Å²) in [6, 6.07) is 4.48. The van der Waals surface area contributed by atoms with Gasteiger partial charge in [0.2, 0.25) is 6.79 Å².